The third kappa shape index (κ3) is 7.99. The smallest absolute Gasteiger partial charge is 0.272 e. The van der Waals surface area contributed by atoms with E-state index in [9.17, 15) is 14.4 Å². The topological polar surface area (TPSA) is 87.3 Å². The van der Waals surface area contributed by atoms with E-state index >= 15 is 0 Å². The monoisotopic (exact) mass is 589 g/mol. The van der Waals surface area contributed by atoms with Gasteiger partial charge in [-0.15, -0.1) is 11.8 Å². The average molecular weight is 591 g/mol. The molecule has 6 nitrogen and oxygen atoms in total. The highest BCUT2D eigenvalue weighted by molar-refractivity contribution is 8.00. The third-order valence-corrected chi connectivity index (χ3v) is 7.35. The van der Waals surface area contributed by atoms with E-state index in [0.717, 1.165) is 16.1 Å². The van der Waals surface area contributed by atoms with Crippen molar-refractivity contribution in [1.29, 1.82) is 0 Å². The first-order valence-corrected chi connectivity index (χ1v) is 14.0. The van der Waals surface area contributed by atoms with Crippen LogP contribution in [0, 0.1) is 6.92 Å². The number of amides is 3. The Labute approximate surface area is 246 Å². The van der Waals surface area contributed by atoms with Gasteiger partial charge in [-0.1, -0.05) is 71.7 Å². The minimum atomic E-state index is -0.570. The highest BCUT2D eigenvalue weighted by atomic mass is 35.5. The Bertz CT molecular complexity index is 1560. The van der Waals surface area contributed by atoms with Crippen LogP contribution in [-0.4, -0.2) is 23.5 Å². The molecular formula is C31H25Cl2N3O3S. The van der Waals surface area contributed by atoms with E-state index in [0.29, 0.717) is 26.9 Å². The van der Waals surface area contributed by atoms with Gasteiger partial charge in [0.05, 0.1) is 5.75 Å². The molecule has 4 aromatic carbocycles. The molecular weight excluding hydrogens is 565 g/mol. The van der Waals surface area contributed by atoms with Crippen LogP contribution >= 0.6 is 35.0 Å². The largest absolute Gasteiger partial charge is 0.325 e. The second-order valence-corrected chi connectivity index (χ2v) is 10.5. The molecule has 0 unspecified atom stereocenters. The Morgan fingerprint density at radius 1 is 0.800 bits per heavy atom. The average Bonchev–Trinajstić information content (AvgIpc) is 2.95. The maximum Gasteiger partial charge on any atom is 0.272 e. The maximum atomic E-state index is 13.4. The molecule has 40 heavy (non-hydrogen) atoms. The second kappa shape index (κ2) is 13.8. The molecule has 0 spiro atoms. The first-order valence-electron chi connectivity index (χ1n) is 12.2. The van der Waals surface area contributed by atoms with Crippen LogP contribution in [0.5, 0.6) is 0 Å². The predicted octanol–water partition coefficient (Wildman–Crippen LogP) is 7.44. The number of hydrogen-bond donors (Lipinski definition) is 3. The molecule has 0 atom stereocenters. The van der Waals surface area contributed by atoms with Gasteiger partial charge in [-0.2, -0.15) is 0 Å². The van der Waals surface area contributed by atoms with Gasteiger partial charge in [0.2, 0.25) is 5.91 Å². The van der Waals surface area contributed by atoms with Gasteiger partial charge in [0, 0.05) is 37.4 Å². The van der Waals surface area contributed by atoms with Crippen LogP contribution < -0.4 is 16.0 Å². The number of carbonyl (C=O) groups is 3. The van der Waals surface area contributed by atoms with Crippen LogP contribution in [0.3, 0.4) is 0 Å². The molecule has 3 N–H and O–H groups in total. The molecule has 0 saturated heterocycles. The molecule has 0 heterocycles. The number of rotatable bonds is 9. The van der Waals surface area contributed by atoms with E-state index in [4.69, 9.17) is 23.2 Å². The fourth-order valence-electron chi connectivity index (χ4n) is 3.65. The van der Waals surface area contributed by atoms with Crippen molar-refractivity contribution in [1.82, 2.24) is 5.32 Å². The number of hydrogen-bond acceptors (Lipinski definition) is 4. The summed E-state index contributed by atoms with van der Waals surface area (Å²) in [5, 5.41) is 9.05. The van der Waals surface area contributed by atoms with E-state index in [1.165, 1.54) is 17.8 Å². The van der Waals surface area contributed by atoms with Crippen molar-refractivity contribution in [3.05, 3.63) is 129 Å². The van der Waals surface area contributed by atoms with Crippen molar-refractivity contribution in [3.63, 3.8) is 0 Å². The Kier molecular flexibility index (Phi) is 10.0. The zero-order valence-corrected chi connectivity index (χ0v) is 23.7. The van der Waals surface area contributed by atoms with Crippen molar-refractivity contribution < 1.29 is 14.4 Å². The summed E-state index contributed by atoms with van der Waals surface area (Å²) in [4.78, 5) is 39.5. The minimum Gasteiger partial charge on any atom is -0.325 e. The van der Waals surface area contributed by atoms with Crippen LogP contribution in [0.2, 0.25) is 10.0 Å². The lowest BCUT2D eigenvalue weighted by atomic mass is 10.1. The van der Waals surface area contributed by atoms with Gasteiger partial charge in [-0.3, -0.25) is 14.4 Å². The summed E-state index contributed by atoms with van der Waals surface area (Å²) in [7, 11) is 0. The number of halogens is 2. The van der Waals surface area contributed by atoms with Gasteiger partial charge >= 0.3 is 0 Å². The summed E-state index contributed by atoms with van der Waals surface area (Å²) in [6.07, 6.45) is 1.44. The van der Waals surface area contributed by atoms with Crippen molar-refractivity contribution in [2.75, 3.05) is 16.4 Å². The molecule has 0 bridgehead atoms. The lowest BCUT2D eigenvalue weighted by Crippen LogP contribution is -2.30. The van der Waals surface area contributed by atoms with Crippen LogP contribution in [0.25, 0.3) is 6.08 Å². The Morgan fingerprint density at radius 2 is 1.48 bits per heavy atom. The predicted molar refractivity (Wildman–Crippen MR) is 164 cm³/mol. The first kappa shape index (κ1) is 29.0. The number of aryl methyl sites for hydroxylation is 1. The maximum absolute atomic E-state index is 13.4. The molecule has 4 rings (SSSR count). The highest BCUT2D eigenvalue weighted by Gasteiger charge is 2.17. The van der Waals surface area contributed by atoms with Crippen LogP contribution in [0.1, 0.15) is 21.5 Å². The van der Waals surface area contributed by atoms with Crippen molar-refractivity contribution in [2.24, 2.45) is 0 Å². The molecule has 0 radical (unpaired) electrons. The quantitative estimate of drug-likeness (QED) is 0.140. The summed E-state index contributed by atoms with van der Waals surface area (Å²) in [5.74, 6) is -0.984. The molecule has 0 aliphatic heterocycles. The van der Waals surface area contributed by atoms with Gasteiger partial charge in [0.25, 0.3) is 11.8 Å². The molecule has 0 aliphatic rings. The standard InChI is InChI=1S/C31H25Cl2N3O3S/c1-20-9-5-6-16-27(20)35-29(37)19-40-23-13-7-12-22(17-23)34-31(39)28(18-24-25(32)14-8-15-26(24)33)36-30(38)21-10-3-2-4-11-21/h2-18H,19H2,1H3,(H,34,39)(H,35,37)(H,36,38)/b28-18+. The van der Waals surface area contributed by atoms with Gasteiger partial charge < -0.3 is 16.0 Å². The minimum absolute atomic E-state index is 0.0421. The van der Waals surface area contributed by atoms with E-state index < -0.39 is 11.8 Å². The zero-order chi connectivity index (χ0) is 28.5. The van der Waals surface area contributed by atoms with E-state index in [2.05, 4.69) is 16.0 Å². The number of nitrogens with one attached hydrogen (secondary N) is 3. The fraction of sp³-hybridized carbons (Fsp3) is 0.0645. The molecule has 202 valence electrons. The van der Waals surface area contributed by atoms with Crippen molar-refractivity contribution >= 4 is 70.1 Å². The zero-order valence-electron chi connectivity index (χ0n) is 21.4. The molecule has 9 heteroatoms. The summed E-state index contributed by atoms with van der Waals surface area (Å²) in [6.45, 7) is 1.93. The number of benzene rings is 4. The van der Waals surface area contributed by atoms with Crippen LogP contribution in [0.4, 0.5) is 11.4 Å². The molecule has 4 aromatic rings. The normalized spacial score (nSPS) is 11.0. The summed E-state index contributed by atoms with van der Waals surface area (Å²) >= 11 is 14.0. The molecule has 0 aromatic heterocycles. The molecule has 3 amide bonds. The number of anilines is 2. The van der Waals surface area contributed by atoms with Gasteiger partial charge in [0.1, 0.15) is 5.70 Å². The van der Waals surface area contributed by atoms with Gasteiger partial charge in [0.15, 0.2) is 0 Å². The van der Waals surface area contributed by atoms with Gasteiger partial charge in [-0.05, 0) is 67.1 Å². The van der Waals surface area contributed by atoms with E-state index in [-0.39, 0.29) is 17.4 Å². The van der Waals surface area contributed by atoms with Crippen LogP contribution in [0.15, 0.2) is 108 Å². The molecule has 0 aliphatic carbocycles. The number of thioether (sulfide) groups is 1. The fourth-order valence-corrected chi connectivity index (χ4v) is 4.91. The Hall–Kier alpha value is -4.04. The highest BCUT2D eigenvalue weighted by Crippen LogP contribution is 2.27. The van der Waals surface area contributed by atoms with Crippen LogP contribution in [-0.2, 0) is 9.59 Å². The summed E-state index contributed by atoms with van der Waals surface area (Å²) < 4.78 is 0. The molecule has 0 saturated carbocycles. The van der Waals surface area contributed by atoms with Gasteiger partial charge in [-0.25, -0.2) is 0 Å². The first-order chi connectivity index (χ1) is 19.3. The SMILES string of the molecule is Cc1ccccc1NC(=O)CSc1cccc(NC(=O)/C(=C\c2c(Cl)cccc2Cl)NC(=O)c2ccccc2)c1. The second-order valence-electron chi connectivity index (χ2n) is 8.65. The summed E-state index contributed by atoms with van der Waals surface area (Å²) in [5.41, 5.74) is 2.97. The van der Waals surface area contributed by atoms with E-state index in [1.807, 2.05) is 37.3 Å². The third-order valence-electron chi connectivity index (χ3n) is 5.70. The van der Waals surface area contributed by atoms with E-state index in [1.54, 1.807) is 66.7 Å². The number of carbonyl (C=O) groups excluding carboxylic acids is 3. The molecule has 0 fully saturated rings. The summed E-state index contributed by atoms with van der Waals surface area (Å²) in [6, 6.07) is 28.2. The lowest BCUT2D eigenvalue weighted by Gasteiger charge is -2.13. The van der Waals surface area contributed by atoms with Crippen molar-refractivity contribution in [2.45, 2.75) is 11.8 Å². The number of para-hydroxylation sites is 1. The Morgan fingerprint density at radius 3 is 2.20 bits per heavy atom. The van der Waals surface area contributed by atoms with Crippen molar-refractivity contribution in [3.8, 4) is 0 Å². The Balaban J connectivity index is 1.49. The lowest BCUT2D eigenvalue weighted by molar-refractivity contribution is -0.114.